The van der Waals surface area contributed by atoms with E-state index in [0.717, 1.165) is 135 Å². The summed E-state index contributed by atoms with van der Waals surface area (Å²) in [6.07, 6.45) is 10.1. The van der Waals surface area contributed by atoms with Gasteiger partial charge in [0.05, 0.1) is 34.4 Å². The second-order valence-corrected chi connectivity index (χ2v) is 24.6. The summed E-state index contributed by atoms with van der Waals surface area (Å²) in [7, 11) is -0.965. The van der Waals surface area contributed by atoms with Crippen LogP contribution in [0.3, 0.4) is 0 Å². The second kappa shape index (κ2) is 20.9. The Morgan fingerprint density at radius 1 is 0.851 bits per heavy atom. The fourth-order valence-electron chi connectivity index (χ4n) is 12.2. The van der Waals surface area contributed by atoms with Gasteiger partial charge in [0.2, 0.25) is 23.7 Å². The number of piperazine rings is 1. The van der Waals surface area contributed by atoms with E-state index < -0.39 is 19.1 Å². The van der Waals surface area contributed by atoms with Crippen LogP contribution in [0, 0.1) is 5.92 Å². The quantitative estimate of drug-likeness (QED) is 0.0774. The Morgan fingerprint density at radius 2 is 1.64 bits per heavy atom. The van der Waals surface area contributed by atoms with Gasteiger partial charge < -0.3 is 39.5 Å². The first-order chi connectivity index (χ1) is 35.9. The van der Waals surface area contributed by atoms with E-state index in [0.29, 0.717) is 65.4 Å². The normalized spacial score (nSPS) is 21.4. The van der Waals surface area contributed by atoms with Gasteiger partial charge in [0, 0.05) is 129 Å². The standard InChI is InChI=1S/C55H65BrN11O6P/c1-4-34-29-45(60-55-57-31-42(56)51(62-55)59-44-13-12-43-41(10-8-37(5-2)58-43)50(44)74(72)26-6-7-27-74)48(73-3)30-47(34)64-20-17-38(18-21-64)63-22-24-65(25-23-63)53(70)35-16-19-66(32-35)39-9-11-40-36(28-39)33-67(54(40)71)46-14-15-49(68)61-52(46)69/h8-13,28-31,35,38,46H,4-7,14-27,32-33H2,1-3H3,(H,61,68,69)(H2,57,59,60,62)/t35-,46?/m1/s1. The van der Waals surface area contributed by atoms with Crippen molar-refractivity contribution in [3.8, 4) is 5.75 Å². The lowest BCUT2D eigenvalue weighted by molar-refractivity contribution is -0.138. The molecule has 74 heavy (non-hydrogen) atoms. The number of ether oxygens (including phenoxy) is 1. The van der Waals surface area contributed by atoms with Gasteiger partial charge in [-0.2, -0.15) is 4.98 Å². The predicted molar refractivity (Wildman–Crippen MR) is 292 cm³/mol. The molecule has 6 aliphatic heterocycles. The topological polar surface area (TPSA) is 186 Å². The van der Waals surface area contributed by atoms with Crippen LogP contribution in [-0.2, 0) is 38.3 Å². The number of hydrogen-bond acceptors (Lipinski definition) is 14. The average molecular weight is 1090 g/mol. The minimum atomic E-state index is -2.65. The van der Waals surface area contributed by atoms with Gasteiger partial charge in [0.25, 0.3) is 5.91 Å². The molecule has 1 unspecified atom stereocenters. The van der Waals surface area contributed by atoms with Crippen molar-refractivity contribution in [3.05, 3.63) is 87.7 Å². The molecule has 0 aliphatic carbocycles. The number of aryl methyl sites for hydroxylation is 2. The Labute approximate surface area is 440 Å². The van der Waals surface area contributed by atoms with E-state index in [2.05, 4.69) is 88.5 Å². The number of imide groups is 1. The molecule has 3 aromatic carbocycles. The fraction of sp³-hybridized carbons (Fsp3) is 0.473. The van der Waals surface area contributed by atoms with Crippen LogP contribution in [-0.4, -0.2) is 137 Å². The van der Waals surface area contributed by atoms with E-state index in [9.17, 15) is 23.7 Å². The molecule has 2 atom stereocenters. The number of piperidine rings is 2. The number of nitrogens with one attached hydrogen (secondary N) is 3. The van der Waals surface area contributed by atoms with Gasteiger partial charge in [0.1, 0.15) is 24.8 Å². The van der Waals surface area contributed by atoms with E-state index in [-0.39, 0.29) is 30.1 Å². The van der Waals surface area contributed by atoms with Gasteiger partial charge in [-0.25, -0.2) is 4.98 Å². The number of amides is 4. The molecule has 2 aromatic heterocycles. The number of aromatic nitrogens is 3. The molecule has 5 saturated heterocycles. The lowest BCUT2D eigenvalue weighted by Gasteiger charge is -2.44. The van der Waals surface area contributed by atoms with Gasteiger partial charge in [0.15, 0.2) is 0 Å². The number of nitrogens with zero attached hydrogens (tertiary/aromatic N) is 8. The van der Waals surface area contributed by atoms with Crippen LogP contribution in [0.4, 0.5) is 34.5 Å². The number of rotatable bonds is 13. The zero-order valence-corrected chi connectivity index (χ0v) is 45.0. The highest BCUT2D eigenvalue weighted by atomic mass is 79.9. The van der Waals surface area contributed by atoms with Crippen LogP contribution in [0.25, 0.3) is 10.9 Å². The SMILES string of the molecule is CCc1ccc2c(P3(=O)CCCC3)c(Nc3nc(Nc4cc(CC)c(N5CCC(N6CCN(C(=O)[C@@H]7CCN(c8ccc9c(c8)CN(C8CCC(=O)NC8=O)C9=O)C7)CC6)CC5)cc4OC)ncc3Br)ccc2n1. The highest BCUT2D eigenvalue weighted by molar-refractivity contribution is 9.10. The van der Waals surface area contributed by atoms with Crippen LogP contribution in [0.1, 0.15) is 86.0 Å². The Bertz CT molecular complexity index is 3080. The summed E-state index contributed by atoms with van der Waals surface area (Å²) >= 11 is 3.68. The first-order valence-electron chi connectivity index (χ1n) is 26.5. The van der Waals surface area contributed by atoms with E-state index in [1.54, 1.807) is 18.2 Å². The molecule has 388 valence electrons. The summed E-state index contributed by atoms with van der Waals surface area (Å²) < 4.78 is 21.3. The summed E-state index contributed by atoms with van der Waals surface area (Å²) in [4.78, 5) is 76.8. The van der Waals surface area contributed by atoms with Gasteiger partial charge in [-0.05, 0) is 121 Å². The van der Waals surface area contributed by atoms with E-state index in [4.69, 9.17) is 14.7 Å². The molecule has 4 amide bonds. The molecule has 17 nitrogen and oxygen atoms in total. The molecule has 5 aromatic rings. The Morgan fingerprint density at radius 3 is 2.38 bits per heavy atom. The van der Waals surface area contributed by atoms with Gasteiger partial charge in [-0.1, -0.05) is 19.9 Å². The Hall–Kier alpha value is -6.10. The third-order valence-corrected chi connectivity index (χ3v) is 20.3. The maximum atomic E-state index is 14.6. The lowest BCUT2D eigenvalue weighted by atomic mass is 9.99. The predicted octanol–water partition coefficient (Wildman–Crippen LogP) is 7.59. The van der Waals surface area contributed by atoms with Crippen LogP contribution in [0.5, 0.6) is 5.75 Å². The van der Waals surface area contributed by atoms with Crippen LogP contribution in [0.2, 0.25) is 0 Å². The minimum absolute atomic E-state index is 0.0829. The highest BCUT2D eigenvalue weighted by Gasteiger charge is 2.41. The number of fused-ring (bicyclic) bond motifs is 2. The summed E-state index contributed by atoms with van der Waals surface area (Å²) in [5.41, 5.74) is 8.24. The third kappa shape index (κ3) is 9.73. The van der Waals surface area contributed by atoms with Crippen LogP contribution in [0.15, 0.2) is 65.3 Å². The van der Waals surface area contributed by atoms with Crippen molar-refractivity contribution in [1.29, 1.82) is 0 Å². The van der Waals surface area contributed by atoms with Crippen molar-refractivity contribution >= 4 is 97.4 Å². The molecular weight excluding hydrogens is 1020 g/mol. The number of methoxy groups -OCH3 is 1. The van der Waals surface area contributed by atoms with Crippen molar-refractivity contribution < 1.29 is 28.5 Å². The number of benzene rings is 3. The number of anilines is 6. The monoisotopic (exact) mass is 1090 g/mol. The van der Waals surface area contributed by atoms with Crippen LogP contribution < -0.4 is 35.8 Å². The van der Waals surface area contributed by atoms with Crippen LogP contribution >= 0.6 is 23.1 Å². The van der Waals surface area contributed by atoms with Crippen molar-refractivity contribution in [2.24, 2.45) is 5.92 Å². The number of carbonyl (C=O) groups is 4. The lowest BCUT2D eigenvalue weighted by Crippen LogP contribution is -2.55. The second-order valence-electron chi connectivity index (χ2n) is 20.7. The summed E-state index contributed by atoms with van der Waals surface area (Å²) in [5.74, 6) is 0.910. The molecule has 11 rings (SSSR count). The molecular formula is C55H65BrN11O6P. The average Bonchev–Trinajstić information content (AvgIpc) is 4.18. The smallest absolute Gasteiger partial charge is 0.255 e. The van der Waals surface area contributed by atoms with Gasteiger partial charge in [-0.15, -0.1) is 0 Å². The molecule has 8 heterocycles. The summed E-state index contributed by atoms with van der Waals surface area (Å²) in [6, 6.07) is 18.0. The summed E-state index contributed by atoms with van der Waals surface area (Å²) in [6.45, 7) is 11.0. The van der Waals surface area contributed by atoms with Crippen molar-refractivity contribution in [2.45, 2.75) is 90.3 Å². The third-order valence-electron chi connectivity index (χ3n) is 16.3. The molecule has 19 heteroatoms. The maximum Gasteiger partial charge on any atom is 0.255 e. The number of hydrogen-bond donors (Lipinski definition) is 3. The zero-order valence-electron chi connectivity index (χ0n) is 42.5. The Kier molecular flexibility index (Phi) is 14.1. The number of pyridine rings is 1. The fourth-order valence-corrected chi connectivity index (χ4v) is 15.9. The van der Waals surface area contributed by atoms with E-state index in [1.807, 2.05) is 36.4 Å². The molecule has 0 spiro atoms. The molecule has 3 N–H and O–H groups in total. The minimum Gasteiger partial charge on any atom is -0.494 e. The molecule has 5 fully saturated rings. The van der Waals surface area contributed by atoms with Crippen molar-refractivity contribution in [3.63, 3.8) is 0 Å². The summed E-state index contributed by atoms with van der Waals surface area (Å²) in [5, 5.41) is 11.2. The number of halogens is 1. The largest absolute Gasteiger partial charge is 0.494 e. The first kappa shape index (κ1) is 50.1. The van der Waals surface area contributed by atoms with Gasteiger partial charge in [-0.3, -0.25) is 34.4 Å². The number of carbonyl (C=O) groups excluding carboxylic acids is 4. The first-order valence-corrected chi connectivity index (χ1v) is 29.4. The van der Waals surface area contributed by atoms with Crippen molar-refractivity contribution in [2.75, 3.05) is 92.2 Å². The molecule has 0 radical (unpaired) electrons. The zero-order chi connectivity index (χ0) is 51.3. The van der Waals surface area contributed by atoms with Gasteiger partial charge >= 0.3 is 0 Å². The molecule has 0 saturated carbocycles. The molecule has 0 bridgehead atoms. The maximum absolute atomic E-state index is 14.6. The highest BCUT2D eigenvalue weighted by Crippen LogP contribution is 2.54. The van der Waals surface area contributed by atoms with Crippen molar-refractivity contribution in [1.82, 2.24) is 35.0 Å². The molecule has 6 aliphatic rings. The Balaban J connectivity index is 0.692. The van der Waals surface area contributed by atoms with E-state index >= 15 is 0 Å². The van der Waals surface area contributed by atoms with E-state index in [1.165, 1.54) is 11.3 Å².